The van der Waals surface area contributed by atoms with E-state index in [0.717, 1.165) is 11.9 Å². The van der Waals surface area contributed by atoms with Crippen LogP contribution in [0.2, 0.25) is 0 Å². The van der Waals surface area contributed by atoms with Crippen LogP contribution >= 0.6 is 15.9 Å². The molecule has 0 saturated heterocycles. The van der Waals surface area contributed by atoms with Crippen molar-refractivity contribution in [1.29, 1.82) is 0 Å². The maximum absolute atomic E-state index is 10.8. The number of hydrogen-bond donors (Lipinski definition) is 1. The van der Waals surface area contributed by atoms with Gasteiger partial charge in [0.2, 0.25) is 0 Å². The normalized spacial score (nSPS) is 16.6. The Morgan fingerprint density at radius 3 is 2.36 bits per heavy atom. The lowest BCUT2D eigenvalue weighted by Crippen LogP contribution is -2.34. The fraction of sp³-hybridized carbons (Fsp3) is 1.00. The molecule has 0 aromatic heterocycles. The Hall–Kier alpha value is 0.390. The molecule has 0 aliphatic carbocycles. The van der Waals surface area contributed by atoms with E-state index in [9.17, 15) is 8.42 Å². The zero-order valence-electron chi connectivity index (χ0n) is 9.09. The molecule has 0 rings (SSSR count). The zero-order valence-corrected chi connectivity index (χ0v) is 11.5. The third-order valence-corrected chi connectivity index (χ3v) is 4.31. The van der Waals surface area contributed by atoms with E-state index in [0.29, 0.717) is 18.4 Å². The number of nitrogens with one attached hydrogen (secondary N) is 1. The van der Waals surface area contributed by atoms with Crippen LogP contribution in [0.1, 0.15) is 20.3 Å². The Morgan fingerprint density at radius 1 is 1.36 bits per heavy atom. The summed E-state index contributed by atoms with van der Waals surface area (Å²) in [6.07, 6.45) is 1.97. The van der Waals surface area contributed by atoms with Crippen LogP contribution < -0.4 is 5.32 Å². The average Bonchev–Trinajstić information content (AvgIpc) is 2.09. The third-order valence-electron chi connectivity index (χ3n) is 2.26. The first kappa shape index (κ1) is 14.4. The highest BCUT2D eigenvalue weighted by molar-refractivity contribution is 9.09. The highest BCUT2D eigenvalue weighted by Gasteiger charge is 2.09. The van der Waals surface area contributed by atoms with Gasteiger partial charge in [-0.15, -0.1) is 0 Å². The zero-order chi connectivity index (χ0) is 11.2. The first-order chi connectivity index (χ1) is 6.37. The van der Waals surface area contributed by atoms with E-state index in [-0.39, 0.29) is 5.75 Å². The van der Waals surface area contributed by atoms with Crippen molar-refractivity contribution in [3.05, 3.63) is 0 Å². The Labute approximate surface area is 95.7 Å². The van der Waals surface area contributed by atoms with Crippen molar-refractivity contribution in [3.63, 3.8) is 0 Å². The first-order valence-corrected chi connectivity index (χ1v) is 8.02. The number of alkyl halides is 1. The van der Waals surface area contributed by atoms with Gasteiger partial charge in [-0.05, 0) is 25.8 Å². The fourth-order valence-electron chi connectivity index (χ4n) is 0.999. The minimum Gasteiger partial charge on any atom is -0.314 e. The molecule has 0 aromatic rings. The predicted molar refractivity (Wildman–Crippen MR) is 64.8 cm³/mol. The molecule has 0 bridgehead atoms. The largest absolute Gasteiger partial charge is 0.314 e. The topological polar surface area (TPSA) is 46.2 Å². The van der Waals surface area contributed by atoms with Crippen molar-refractivity contribution >= 4 is 25.8 Å². The quantitative estimate of drug-likeness (QED) is 0.569. The van der Waals surface area contributed by atoms with Crippen molar-refractivity contribution < 1.29 is 8.42 Å². The molecule has 0 spiro atoms. The van der Waals surface area contributed by atoms with Gasteiger partial charge in [0, 0.05) is 17.6 Å². The summed E-state index contributed by atoms with van der Waals surface area (Å²) in [6, 6.07) is 0.425. The molecule has 0 saturated carbocycles. The van der Waals surface area contributed by atoms with Gasteiger partial charge in [0.15, 0.2) is 0 Å². The van der Waals surface area contributed by atoms with E-state index >= 15 is 0 Å². The molecular weight excluding hydrogens is 266 g/mol. The summed E-state index contributed by atoms with van der Waals surface area (Å²) in [6.45, 7) is 5.04. The Morgan fingerprint density at radius 2 is 1.93 bits per heavy atom. The maximum atomic E-state index is 10.8. The van der Waals surface area contributed by atoms with Crippen LogP contribution in [0.15, 0.2) is 0 Å². The molecule has 0 fully saturated rings. The third kappa shape index (κ3) is 7.76. The summed E-state index contributed by atoms with van der Waals surface area (Å²) < 4.78 is 21.7. The van der Waals surface area contributed by atoms with Crippen molar-refractivity contribution in [2.45, 2.75) is 26.3 Å². The van der Waals surface area contributed by atoms with Gasteiger partial charge >= 0.3 is 0 Å². The van der Waals surface area contributed by atoms with Crippen LogP contribution in [0.3, 0.4) is 0 Å². The van der Waals surface area contributed by atoms with E-state index in [4.69, 9.17) is 0 Å². The van der Waals surface area contributed by atoms with Crippen LogP contribution in [0, 0.1) is 5.92 Å². The molecule has 0 aliphatic rings. The second kappa shape index (κ2) is 6.80. The SMILES string of the molecule is CC(CBr)C(C)NCCCS(C)(=O)=O. The van der Waals surface area contributed by atoms with E-state index in [1.54, 1.807) is 0 Å². The van der Waals surface area contributed by atoms with E-state index in [1.807, 2.05) is 0 Å². The van der Waals surface area contributed by atoms with Gasteiger partial charge < -0.3 is 5.32 Å². The van der Waals surface area contributed by atoms with E-state index < -0.39 is 9.84 Å². The lowest BCUT2D eigenvalue weighted by molar-refractivity contribution is 0.435. The molecule has 2 unspecified atom stereocenters. The lowest BCUT2D eigenvalue weighted by atomic mass is 10.1. The molecular formula is C9H20BrNO2S. The number of hydrogen-bond acceptors (Lipinski definition) is 3. The Balaban J connectivity index is 3.55. The molecule has 0 aliphatic heterocycles. The highest BCUT2D eigenvalue weighted by Crippen LogP contribution is 2.05. The summed E-state index contributed by atoms with van der Waals surface area (Å²) in [7, 11) is -2.80. The highest BCUT2D eigenvalue weighted by atomic mass is 79.9. The van der Waals surface area contributed by atoms with Gasteiger partial charge in [-0.25, -0.2) is 8.42 Å². The van der Waals surface area contributed by atoms with E-state index in [2.05, 4.69) is 35.1 Å². The summed E-state index contributed by atoms with van der Waals surface area (Å²) in [5, 5.41) is 4.28. The smallest absolute Gasteiger partial charge is 0.147 e. The first-order valence-electron chi connectivity index (χ1n) is 4.84. The molecule has 0 radical (unpaired) electrons. The predicted octanol–water partition coefficient (Wildman–Crippen LogP) is 1.43. The van der Waals surface area contributed by atoms with Crippen LogP contribution in [0.25, 0.3) is 0 Å². The molecule has 1 N–H and O–H groups in total. The summed E-state index contributed by atoms with van der Waals surface area (Å²) in [4.78, 5) is 0. The average molecular weight is 286 g/mol. The molecule has 86 valence electrons. The van der Waals surface area contributed by atoms with Gasteiger partial charge in [0.05, 0.1) is 5.75 Å². The molecule has 0 aromatic carbocycles. The van der Waals surface area contributed by atoms with Crippen LogP contribution in [0.5, 0.6) is 0 Å². The fourth-order valence-corrected chi connectivity index (χ4v) is 2.23. The second-order valence-corrected chi connectivity index (χ2v) is 6.77. The van der Waals surface area contributed by atoms with Gasteiger partial charge in [-0.2, -0.15) is 0 Å². The minimum absolute atomic E-state index is 0.273. The molecule has 3 nitrogen and oxygen atoms in total. The number of halogens is 1. The number of sulfone groups is 1. The van der Waals surface area contributed by atoms with Gasteiger partial charge in [0.1, 0.15) is 9.84 Å². The number of rotatable bonds is 7. The molecule has 0 amide bonds. The van der Waals surface area contributed by atoms with Crippen molar-refractivity contribution in [3.8, 4) is 0 Å². The van der Waals surface area contributed by atoms with Crippen molar-refractivity contribution in [2.75, 3.05) is 23.9 Å². The summed E-state index contributed by atoms with van der Waals surface area (Å²) in [5.41, 5.74) is 0. The maximum Gasteiger partial charge on any atom is 0.147 e. The van der Waals surface area contributed by atoms with Crippen molar-refractivity contribution in [2.24, 2.45) is 5.92 Å². The molecule has 2 atom stereocenters. The minimum atomic E-state index is -2.80. The molecule has 0 heterocycles. The Kier molecular flexibility index (Phi) is 6.99. The van der Waals surface area contributed by atoms with Crippen LogP contribution in [-0.4, -0.2) is 38.3 Å². The van der Waals surface area contributed by atoms with Crippen LogP contribution in [-0.2, 0) is 9.84 Å². The molecule has 5 heteroatoms. The summed E-state index contributed by atoms with van der Waals surface area (Å²) >= 11 is 3.42. The van der Waals surface area contributed by atoms with Gasteiger partial charge in [-0.3, -0.25) is 0 Å². The lowest BCUT2D eigenvalue weighted by Gasteiger charge is -2.18. The standard InChI is InChI=1S/C9H20BrNO2S/c1-8(7-10)9(2)11-5-4-6-14(3,12)13/h8-9,11H,4-7H2,1-3H3. The van der Waals surface area contributed by atoms with Crippen molar-refractivity contribution in [1.82, 2.24) is 5.32 Å². The van der Waals surface area contributed by atoms with Gasteiger partial charge in [0.25, 0.3) is 0 Å². The second-order valence-electron chi connectivity index (χ2n) is 3.86. The summed E-state index contributed by atoms with van der Waals surface area (Å²) in [5.74, 6) is 0.836. The molecule has 14 heavy (non-hydrogen) atoms. The Bertz CT molecular complexity index is 241. The van der Waals surface area contributed by atoms with Crippen LogP contribution in [0.4, 0.5) is 0 Å². The van der Waals surface area contributed by atoms with E-state index in [1.165, 1.54) is 6.26 Å². The van der Waals surface area contributed by atoms with Gasteiger partial charge in [-0.1, -0.05) is 22.9 Å². The monoisotopic (exact) mass is 285 g/mol.